The van der Waals surface area contributed by atoms with Gasteiger partial charge in [0.05, 0.1) is 0 Å². The zero-order valence-electron chi connectivity index (χ0n) is 22.6. The van der Waals surface area contributed by atoms with E-state index in [0.29, 0.717) is 0 Å². The standard InChI is InChI=1S/C31H46Cl2N4/c32-30-12-8-28(9-13-30)6-1-3-16-34-20-24-36(25-21-34)18-5-19-37-26-22-35(23-27-37)17-4-2-7-29-10-14-31(33)15-11-29/h8-15H,1-7,16-27H2. The van der Waals surface area contributed by atoms with Gasteiger partial charge in [-0.2, -0.15) is 0 Å². The van der Waals surface area contributed by atoms with Gasteiger partial charge in [-0.3, -0.25) is 0 Å². The van der Waals surface area contributed by atoms with Gasteiger partial charge in [-0.1, -0.05) is 47.5 Å². The maximum atomic E-state index is 5.98. The third-order valence-corrected chi connectivity index (χ3v) is 8.59. The van der Waals surface area contributed by atoms with Crippen molar-refractivity contribution >= 4 is 23.2 Å². The second kappa shape index (κ2) is 16.1. The Morgan fingerprint density at radius 1 is 0.405 bits per heavy atom. The van der Waals surface area contributed by atoms with Gasteiger partial charge in [-0.05, 0) is 107 Å². The van der Waals surface area contributed by atoms with Crippen LogP contribution in [0.1, 0.15) is 43.2 Å². The van der Waals surface area contributed by atoms with Crippen molar-refractivity contribution in [1.82, 2.24) is 19.6 Å². The first kappa shape index (κ1) is 28.9. The Morgan fingerprint density at radius 2 is 0.703 bits per heavy atom. The maximum Gasteiger partial charge on any atom is 0.0406 e. The van der Waals surface area contributed by atoms with Gasteiger partial charge in [-0.15, -0.1) is 0 Å². The number of rotatable bonds is 14. The van der Waals surface area contributed by atoms with Gasteiger partial charge in [0.1, 0.15) is 0 Å². The number of benzene rings is 2. The predicted octanol–water partition coefficient (Wildman–Crippen LogP) is 5.96. The second-order valence-corrected chi connectivity index (χ2v) is 11.8. The third-order valence-electron chi connectivity index (χ3n) is 8.08. The molecule has 2 fully saturated rings. The van der Waals surface area contributed by atoms with Gasteiger partial charge < -0.3 is 19.6 Å². The Balaban J connectivity index is 0.970. The fourth-order valence-corrected chi connectivity index (χ4v) is 5.87. The summed E-state index contributed by atoms with van der Waals surface area (Å²) in [5, 5.41) is 1.66. The molecule has 2 aromatic rings. The van der Waals surface area contributed by atoms with Crippen LogP contribution >= 0.6 is 23.2 Å². The molecule has 2 saturated heterocycles. The number of unbranched alkanes of at least 4 members (excludes halogenated alkanes) is 2. The molecule has 2 aliphatic heterocycles. The molecule has 4 rings (SSSR count). The molecule has 6 heteroatoms. The fraction of sp³-hybridized carbons (Fsp3) is 0.613. The molecular weight excluding hydrogens is 499 g/mol. The molecule has 0 unspecified atom stereocenters. The van der Waals surface area contributed by atoms with Crippen LogP contribution in [0.3, 0.4) is 0 Å². The van der Waals surface area contributed by atoms with E-state index in [1.54, 1.807) is 0 Å². The summed E-state index contributed by atoms with van der Waals surface area (Å²) >= 11 is 12.0. The minimum absolute atomic E-state index is 0.831. The van der Waals surface area contributed by atoms with Crippen LogP contribution in [-0.4, -0.2) is 98.1 Å². The summed E-state index contributed by atoms with van der Waals surface area (Å²) in [6.07, 6.45) is 8.73. The number of piperazine rings is 2. The van der Waals surface area contributed by atoms with Crippen molar-refractivity contribution in [2.24, 2.45) is 0 Å². The number of nitrogens with zero attached hydrogens (tertiary/aromatic N) is 4. The molecule has 37 heavy (non-hydrogen) atoms. The fourth-order valence-electron chi connectivity index (χ4n) is 5.62. The first-order valence-corrected chi connectivity index (χ1v) is 15.3. The van der Waals surface area contributed by atoms with E-state index in [1.807, 2.05) is 24.3 Å². The topological polar surface area (TPSA) is 13.0 Å². The van der Waals surface area contributed by atoms with Crippen molar-refractivity contribution in [1.29, 1.82) is 0 Å². The lowest BCUT2D eigenvalue weighted by molar-refractivity contribution is 0.109. The second-order valence-electron chi connectivity index (χ2n) is 10.9. The highest BCUT2D eigenvalue weighted by molar-refractivity contribution is 6.30. The minimum Gasteiger partial charge on any atom is -0.301 e. The van der Waals surface area contributed by atoms with Crippen LogP contribution in [0, 0.1) is 0 Å². The lowest BCUT2D eigenvalue weighted by atomic mass is 10.1. The van der Waals surface area contributed by atoms with Crippen molar-refractivity contribution in [3.8, 4) is 0 Å². The van der Waals surface area contributed by atoms with Crippen molar-refractivity contribution in [3.05, 3.63) is 69.7 Å². The Hall–Kier alpha value is -1.14. The average molecular weight is 546 g/mol. The van der Waals surface area contributed by atoms with E-state index < -0.39 is 0 Å². The molecule has 0 N–H and O–H groups in total. The summed E-state index contributed by atoms with van der Waals surface area (Å²) in [4.78, 5) is 10.7. The average Bonchev–Trinajstić information content (AvgIpc) is 2.93. The van der Waals surface area contributed by atoms with E-state index in [1.165, 1.54) is 122 Å². The van der Waals surface area contributed by atoms with Crippen LogP contribution in [0.5, 0.6) is 0 Å². The molecule has 204 valence electrons. The van der Waals surface area contributed by atoms with Crippen LogP contribution in [0.2, 0.25) is 10.0 Å². The summed E-state index contributed by atoms with van der Waals surface area (Å²) in [7, 11) is 0. The smallest absolute Gasteiger partial charge is 0.0406 e. The largest absolute Gasteiger partial charge is 0.301 e. The molecule has 0 amide bonds. The number of aryl methyl sites for hydroxylation is 2. The van der Waals surface area contributed by atoms with Crippen LogP contribution in [0.4, 0.5) is 0 Å². The summed E-state index contributed by atoms with van der Waals surface area (Å²) < 4.78 is 0. The molecule has 0 spiro atoms. The molecule has 0 aromatic heterocycles. The molecule has 2 aliphatic rings. The molecule has 2 aromatic carbocycles. The number of halogens is 2. The van der Waals surface area contributed by atoms with E-state index in [2.05, 4.69) is 43.9 Å². The van der Waals surface area contributed by atoms with E-state index in [0.717, 1.165) is 22.9 Å². The molecule has 2 heterocycles. The van der Waals surface area contributed by atoms with Crippen molar-refractivity contribution in [2.75, 3.05) is 78.5 Å². The molecule has 4 nitrogen and oxygen atoms in total. The normalized spacial score (nSPS) is 18.4. The van der Waals surface area contributed by atoms with Crippen LogP contribution in [-0.2, 0) is 12.8 Å². The zero-order valence-corrected chi connectivity index (χ0v) is 24.1. The van der Waals surface area contributed by atoms with Crippen LogP contribution < -0.4 is 0 Å². The Bertz CT molecular complexity index is 800. The van der Waals surface area contributed by atoms with Gasteiger partial charge in [0.2, 0.25) is 0 Å². The SMILES string of the molecule is Clc1ccc(CCCCN2CCN(CCCN3CCN(CCCCc4ccc(Cl)cc4)CC3)CC2)cc1. The van der Waals surface area contributed by atoms with Gasteiger partial charge in [0.25, 0.3) is 0 Å². The predicted molar refractivity (Wildman–Crippen MR) is 159 cm³/mol. The van der Waals surface area contributed by atoms with Crippen molar-refractivity contribution in [2.45, 2.75) is 44.9 Å². The molecule has 0 atom stereocenters. The summed E-state index contributed by atoms with van der Waals surface area (Å²) in [5.74, 6) is 0. The Kier molecular flexibility index (Phi) is 12.5. The minimum atomic E-state index is 0.831. The van der Waals surface area contributed by atoms with Gasteiger partial charge in [0.15, 0.2) is 0 Å². The van der Waals surface area contributed by atoms with Gasteiger partial charge >= 0.3 is 0 Å². The Morgan fingerprint density at radius 3 is 1.03 bits per heavy atom. The zero-order chi connectivity index (χ0) is 25.7. The highest BCUT2D eigenvalue weighted by Crippen LogP contribution is 2.14. The third kappa shape index (κ3) is 10.9. The van der Waals surface area contributed by atoms with Crippen molar-refractivity contribution < 1.29 is 0 Å². The molecule has 0 saturated carbocycles. The van der Waals surface area contributed by atoms with Crippen LogP contribution in [0.15, 0.2) is 48.5 Å². The highest BCUT2D eigenvalue weighted by atomic mass is 35.5. The number of hydrogen-bond donors (Lipinski definition) is 0. The van der Waals surface area contributed by atoms with Crippen LogP contribution in [0.25, 0.3) is 0 Å². The summed E-state index contributed by atoms with van der Waals surface area (Å²) in [5.41, 5.74) is 2.81. The quantitative estimate of drug-likeness (QED) is 0.272. The first-order chi connectivity index (χ1) is 18.1. The Labute approximate surface area is 235 Å². The monoisotopic (exact) mass is 544 g/mol. The first-order valence-electron chi connectivity index (χ1n) is 14.5. The molecule has 0 aliphatic carbocycles. The highest BCUT2D eigenvalue weighted by Gasteiger charge is 2.18. The molecular formula is C31H46Cl2N4. The lowest BCUT2D eigenvalue weighted by Gasteiger charge is -2.36. The van der Waals surface area contributed by atoms with E-state index >= 15 is 0 Å². The van der Waals surface area contributed by atoms with E-state index in [9.17, 15) is 0 Å². The summed E-state index contributed by atoms with van der Waals surface area (Å²) in [6, 6.07) is 16.6. The van der Waals surface area contributed by atoms with E-state index in [-0.39, 0.29) is 0 Å². The van der Waals surface area contributed by atoms with Crippen molar-refractivity contribution in [3.63, 3.8) is 0 Å². The number of hydrogen-bond acceptors (Lipinski definition) is 4. The lowest BCUT2D eigenvalue weighted by Crippen LogP contribution is -2.48. The molecule has 0 bridgehead atoms. The van der Waals surface area contributed by atoms with E-state index in [4.69, 9.17) is 23.2 Å². The maximum absolute atomic E-state index is 5.98. The summed E-state index contributed by atoms with van der Waals surface area (Å²) in [6.45, 7) is 14.9. The molecule has 0 radical (unpaired) electrons. The van der Waals surface area contributed by atoms with Gasteiger partial charge in [-0.25, -0.2) is 0 Å². The van der Waals surface area contributed by atoms with Gasteiger partial charge in [0, 0.05) is 62.4 Å².